The summed E-state index contributed by atoms with van der Waals surface area (Å²) in [5.41, 5.74) is 7.28. The lowest BCUT2D eigenvalue weighted by Gasteiger charge is -2.06. The Balaban J connectivity index is 2.15. The fourth-order valence-electron chi connectivity index (χ4n) is 2.08. The molecule has 0 aliphatic rings. The highest BCUT2D eigenvalue weighted by Gasteiger charge is 2.04. The maximum atomic E-state index is 11.8. The van der Waals surface area contributed by atoms with Crippen LogP contribution in [0.3, 0.4) is 0 Å². The first kappa shape index (κ1) is 16.5. The molecule has 0 fully saturated rings. The number of nitrogen functional groups attached to an aromatic ring is 1. The molecule has 0 bridgehead atoms. The molecule has 0 saturated heterocycles. The van der Waals surface area contributed by atoms with Crippen LogP contribution < -0.4 is 11.1 Å². The Bertz CT molecular complexity index is 418. The van der Waals surface area contributed by atoms with E-state index in [1.54, 1.807) is 12.3 Å². The number of hydrogen-bond acceptors (Lipinski definition) is 3. The van der Waals surface area contributed by atoms with Crippen LogP contribution in [-0.2, 0) is 4.79 Å². The van der Waals surface area contributed by atoms with Crippen molar-refractivity contribution in [2.45, 2.75) is 65.2 Å². The largest absolute Gasteiger partial charge is 0.397 e. The van der Waals surface area contributed by atoms with Crippen molar-refractivity contribution in [2.24, 2.45) is 0 Å². The first-order valence-electron chi connectivity index (χ1n) is 7.65. The second kappa shape index (κ2) is 9.34. The summed E-state index contributed by atoms with van der Waals surface area (Å²) in [6.07, 6.45) is 10.7. The molecular formula is C16H27N3O. The molecule has 20 heavy (non-hydrogen) atoms. The number of pyridine rings is 1. The van der Waals surface area contributed by atoms with Crippen LogP contribution in [0.1, 0.15) is 63.9 Å². The lowest BCUT2D eigenvalue weighted by molar-refractivity contribution is -0.116. The first-order valence-corrected chi connectivity index (χ1v) is 7.65. The van der Waals surface area contributed by atoms with Crippen molar-refractivity contribution >= 4 is 17.4 Å². The highest BCUT2D eigenvalue weighted by Crippen LogP contribution is 2.14. The molecule has 3 N–H and O–H groups in total. The third-order valence-corrected chi connectivity index (χ3v) is 3.43. The number of nitrogens with zero attached hydrogens (tertiary/aromatic N) is 1. The monoisotopic (exact) mass is 277 g/mol. The van der Waals surface area contributed by atoms with E-state index in [1.807, 2.05) is 6.92 Å². The van der Waals surface area contributed by atoms with Gasteiger partial charge in [0, 0.05) is 6.42 Å². The van der Waals surface area contributed by atoms with E-state index in [1.165, 1.54) is 32.1 Å². The van der Waals surface area contributed by atoms with Gasteiger partial charge in [-0.1, -0.05) is 45.4 Å². The van der Waals surface area contributed by atoms with Gasteiger partial charge in [0.1, 0.15) is 5.82 Å². The van der Waals surface area contributed by atoms with Gasteiger partial charge in [0.15, 0.2) is 0 Å². The van der Waals surface area contributed by atoms with Gasteiger partial charge in [-0.05, 0) is 25.0 Å². The summed E-state index contributed by atoms with van der Waals surface area (Å²) in [5.74, 6) is 0.625. The summed E-state index contributed by atoms with van der Waals surface area (Å²) in [7, 11) is 0. The Morgan fingerprint density at radius 1 is 1.20 bits per heavy atom. The van der Waals surface area contributed by atoms with Crippen LogP contribution in [-0.4, -0.2) is 10.9 Å². The number of aryl methyl sites for hydroxylation is 1. The number of hydrogen-bond donors (Lipinski definition) is 2. The quantitative estimate of drug-likeness (QED) is 0.669. The minimum absolute atomic E-state index is 0.0372. The number of aromatic nitrogens is 1. The Morgan fingerprint density at radius 2 is 1.85 bits per heavy atom. The smallest absolute Gasteiger partial charge is 0.225 e. The molecule has 0 radical (unpaired) electrons. The molecule has 0 atom stereocenters. The number of nitrogens with two attached hydrogens (primary N) is 1. The van der Waals surface area contributed by atoms with Crippen molar-refractivity contribution in [3.05, 3.63) is 17.8 Å². The highest BCUT2D eigenvalue weighted by atomic mass is 16.1. The molecule has 112 valence electrons. The Morgan fingerprint density at radius 3 is 2.50 bits per heavy atom. The Labute approximate surface area is 122 Å². The fraction of sp³-hybridized carbons (Fsp3) is 0.625. The maximum Gasteiger partial charge on any atom is 0.225 e. The molecular weight excluding hydrogens is 250 g/mol. The number of unbranched alkanes of at least 4 members (excludes halogenated alkanes) is 6. The molecule has 4 heteroatoms. The molecule has 0 spiro atoms. The number of carbonyl (C=O) groups is 1. The topological polar surface area (TPSA) is 68.0 Å². The van der Waals surface area contributed by atoms with Crippen molar-refractivity contribution < 1.29 is 4.79 Å². The Hall–Kier alpha value is -1.58. The first-order chi connectivity index (χ1) is 9.63. The average molecular weight is 277 g/mol. The third kappa shape index (κ3) is 6.55. The van der Waals surface area contributed by atoms with Gasteiger partial charge in [-0.25, -0.2) is 4.98 Å². The van der Waals surface area contributed by atoms with Gasteiger partial charge in [-0.2, -0.15) is 0 Å². The van der Waals surface area contributed by atoms with Gasteiger partial charge in [-0.3, -0.25) is 4.79 Å². The molecule has 0 saturated carbocycles. The molecule has 1 heterocycles. The van der Waals surface area contributed by atoms with Gasteiger partial charge in [0.05, 0.1) is 11.9 Å². The predicted octanol–water partition coefficient (Wildman–Crippen LogP) is 4.05. The van der Waals surface area contributed by atoms with E-state index < -0.39 is 0 Å². The van der Waals surface area contributed by atoms with Gasteiger partial charge in [0.25, 0.3) is 0 Å². The molecule has 0 aliphatic heterocycles. The van der Waals surface area contributed by atoms with Crippen molar-refractivity contribution in [3.8, 4) is 0 Å². The molecule has 4 nitrogen and oxygen atoms in total. The van der Waals surface area contributed by atoms with E-state index in [2.05, 4.69) is 17.2 Å². The van der Waals surface area contributed by atoms with Crippen LogP contribution in [0.25, 0.3) is 0 Å². The maximum absolute atomic E-state index is 11.8. The van der Waals surface area contributed by atoms with Crippen molar-refractivity contribution in [1.29, 1.82) is 0 Å². The summed E-state index contributed by atoms with van der Waals surface area (Å²) in [6, 6.07) is 1.80. The molecule has 1 amide bonds. The molecule has 0 aliphatic carbocycles. The minimum Gasteiger partial charge on any atom is -0.397 e. The van der Waals surface area contributed by atoms with E-state index in [9.17, 15) is 4.79 Å². The van der Waals surface area contributed by atoms with Crippen LogP contribution >= 0.6 is 0 Å². The second-order valence-electron chi connectivity index (χ2n) is 5.35. The van der Waals surface area contributed by atoms with E-state index in [0.717, 1.165) is 18.4 Å². The zero-order valence-electron chi connectivity index (χ0n) is 12.7. The van der Waals surface area contributed by atoms with Crippen LogP contribution in [0.2, 0.25) is 0 Å². The predicted molar refractivity (Wildman–Crippen MR) is 84.6 cm³/mol. The number of carbonyl (C=O) groups excluding carboxylic acids is 1. The molecule has 1 aromatic heterocycles. The zero-order chi connectivity index (χ0) is 14.8. The summed E-state index contributed by atoms with van der Waals surface area (Å²) < 4.78 is 0. The van der Waals surface area contributed by atoms with E-state index in [4.69, 9.17) is 5.73 Å². The third-order valence-electron chi connectivity index (χ3n) is 3.43. The SMILES string of the molecule is CCCCCCCCCC(=O)Nc1cc(C)c(N)cn1. The molecule has 1 rings (SSSR count). The zero-order valence-corrected chi connectivity index (χ0v) is 12.7. The minimum atomic E-state index is 0.0372. The summed E-state index contributed by atoms with van der Waals surface area (Å²) in [4.78, 5) is 15.9. The number of nitrogens with one attached hydrogen (secondary N) is 1. The summed E-state index contributed by atoms with van der Waals surface area (Å²) in [5, 5.41) is 2.82. The fourth-order valence-corrected chi connectivity index (χ4v) is 2.08. The Kier molecular flexibility index (Phi) is 7.70. The average Bonchev–Trinajstić information content (AvgIpc) is 2.42. The van der Waals surface area contributed by atoms with Crippen molar-refractivity contribution in [1.82, 2.24) is 4.98 Å². The van der Waals surface area contributed by atoms with Gasteiger partial charge in [-0.15, -0.1) is 0 Å². The molecule has 1 aromatic rings. The van der Waals surface area contributed by atoms with Gasteiger partial charge >= 0.3 is 0 Å². The van der Waals surface area contributed by atoms with Crippen molar-refractivity contribution in [3.63, 3.8) is 0 Å². The standard InChI is InChI=1S/C16H27N3O/c1-3-4-5-6-7-8-9-10-16(20)19-15-11-13(2)14(17)12-18-15/h11-12H,3-10,17H2,1-2H3,(H,18,19,20). The molecule has 0 unspecified atom stereocenters. The van der Waals surface area contributed by atoms with E-state index in [0.29, 0.717) is 17.9 Å². The summed E-state index contributed by atoms with van der Waals surface area (Å²) >= 11 is 0. The highest BCUT2D eigenvalue weighted by molar-refractivity contribution is 5.89. The van der Waals surface area contributed by atoms with Crippen molar-refractivity contribution in [2.75, 3.05) is 11.1 Å². The lowest BCUT2D eigenvalue weighted by atomic mass is 10.1. The van der Waals surface area contributed by atoms with Crippen LogP contribution in [0.4, 0.5) is 11.5 Å². The van der Waals surface area contributed by atoms with Crippen LogP contribution in [0.5, 0.6) is 0 Å². The van der Waals surface area contributed by atoms with E-state index >= 15 is 0 Å². The van der Waals surface area contributed by atoms with Crippen LogP contribution in [0.15, 0.2) is 12.3 Å². The molecule has 0 aromatic carbocycles. The number of anilines is 2. The number of rotatable bonds is 9. The second-order valence-corrected chi connectivity index (χ2v) is 5.35. The van der Waals surface area contributed by atoms with Gasteiger partial charge in [0.2, 0.25) is 5.91 Å². The normalized spacial score (nSPS) is 10.5. The van der Waals surface area contributed by atoms with Crippen LogP contribution in [0, 0.1) is 6.92 Å². The summed E-state index contributed by atoms with van der Waals surface area (Å²) in [6.45, 7) is 4.13. The number of amides is 1. The van der Waals surface area contributed by atoms with Gasteiger partial charge < -0.3 is 11.1 Å². The lowest BCUT2D eigenvalue weighted by Crippen LogP contribution is -2.12. The van der Waals surface area contributed by atoms with E-state index in [-0.39, 0.29) is 5.91 Å².